The van der Waals surface area contributed by atoms with Crippen molar-refractivity contribution in [2.45, 2.75) is 58.7 Å². The van der Waals surface area contributed by atoms with Crippen molar-refractivity contribution in [1.29, 1.82) is 0 Å². The molecule has 3 rings (SSSR count). The van der Waals surface area contributed by atoms with Crippen LogP contribution in [0.25, 0.3) is 0 Å². The highest BCUT2D eigenvalue weighted by atomic mass is 16.5. The Morgan fingerprint density at radius 3 is 2.00 bits per heavy atom. The van der Waals surface area contributed by atoms with Crippen LogP contribution in [0, 0.1) is 0 Å². The predicted octanol–water partition coefficient (Wildman–Crippen LogP) is 4.84. The maximum absolute atomic E-state index is 10.6. The van der Waals surface area contributed by atoms with Gasteiger partial charge in [-0.05, 0) is 41.5 Å². The fourth-order valence-electron chi connectivity index (χ4n) is 2.83. The summed E-state index contributed by atoms with van der Waals surface area (Å²) in [6.07, 6.45) is -0.0157. The highest BCUT2D eigenvalue weighted by Crippen LogP contribution is 2.60. The van der Waals surface area contributed by atoms with E-state index in [-0.39, 0.29) is 11.9 Å². The molecule has 6 heteroatoms. The van der Waals surface area contributed by atoms with Crippen molar-refractivity contribution in [2.75, 3.05) is 0 Å². The Kier molecular flexibility index (Phi) is 2.68. The molecule has 1 N–H and O–H groups in total. The quantitative estimate of drug-likeness (QED) is 0.844. The van der Waals surface area contributed by atoms with E-state index in [9.17, 15) is 5.11 Å². The average molecular weight is 288 g/mol. The Balaban J connectivity index is 2.37. The van der Waals surface area contributed by atoms with E-state index >= 15 is 0 Å². The number of phenols is 1. The number of fused-ring (bicyclic) bond motifs is 2. The van der Waals surface area contributed by atoms with Crippen LogP contribution in [0.4, 0.5) is 11.4 Å². The zero-order valence-electron chi connectivity index (χ0n) is 13.2. The number of nitrogens with zero attached hydrogens (tertiary/aromatic N) is 4. The van der Waals surface area contributed by atoms with Crippen LogP contribution in [0.2, 0.25) is 0 Å². The second-order valence-corrected chi connectivity index (χ2v) is 6.81. The van der Waals surface area contributed by atoms with Crippen LogP contribution < -0.4 is 4.74 Å². The first-order valence-electron chi connectivity index (χ1n) is 7.11. The Morgan fingerprint density at radius 2 is 1.43 bits per heavy atom. The second kappa shape index (κ2) is 4.02. The van der Waals surface area contributed by atoms with Gasteiger partial charge in [0, 0.05) is 0 Å². The van der Waals surface area contributed by atoms with Gasteiger partial charge < -0.3 is 9.84 Å². The lowest BCUT2D eigenvalue weighted by Crippen LogP contribution is -2.17. The summed E-state index contributed by atoms with van der Waals surface area (Å²) < 4.78 is 6.00. The molecular formula is C15H20N4O2. The van der Waals surface area contributed by atoms with Crippen molar-refractivity contribution < 1.29 is 9.84 Å². The molecule has 0 spiro atoms. The fourth-order valence-corrected chi connectivity index (χ4v) is 2.83. The standard InChI is InChI=1S/C15H20N4O2/c1-7(2)21-13-9-10(16-19-15(9,5)6)12(20)8-11(13)17-18-14(8,3)4/h7,20H,1-6H3. The number of hydrogen-bond acceptors (Lipinski definition) is 6. The van der Waals surface area contributed by atoms with E-state index in [2.05, 4.69) is 20.5 Å². The van der Waals surface area contributed by atoms with Gasteiger partial charge in [0.05, 0.1) is 17.2 Å². The normalized spacial score (nSPS) is 20.0. The minimum atomic E-state index is -0.591. The van der Waals surface area contributed by atoms with Gasteiger partial charge in [-0.15, -0.1) is 0 Å². The average Bonchev–Trinajstić information content (AvgIpc) is 2.82. The zero-order chi connectivity index (χ0) is 15.6. The maximum atomic E-state index is 10.6. The van der Waals surface area contributed by atoms with Crippen molar-refractivity contribution in [3.05, 3.63) is 11.1 Å². The summed E-state index contributed by atoms with van der Waals surface area (Å²) in [5.41, 5.74) is 1.39. The summed E-state index contributed by atoms with van der Waals surface area (Å²) in [5.74, 6) is 0.748. The van der Waals surface area contributed by atoms with E-state index in [4.69, 9.17) is 4.74 Å². The monoisotopic (exact) mass is 288 g/mol. The van der Waals surface area contributed by atoms with E-state index in [1.165, 1.54) is 0 Å². The molecule has 112 valence electrons. The number of phenolic OH excluding ortho intramolecular Hbond substituents is 1. The molecule has 1 aromatic carbocycles. The molecule has 2 aliphatic rings. The van der Waals surface area contributed by atoms with E-state index in [1.807, 2.05) is 41.5 Å². The molecular weight excluding hydrogens is 268 g/mol. The van der Waals surface area contributed by atoms with Crippen LogP contribution in [0.5, 0.6) is 11.5 Å². The van der Waals surface area contributed by atoms with Crippen molar-refractivity contribution >= 4 is 11.4 Å². The van der Waals surface area contributed by atoms with Crippen LogP contribution >= 0.6 is 0 Å². The molecule has 0 saturated heterocycles. The SMILES string of the molecule is CC(C)Oc1c2c(c(O)c3c1C(C)(C)N=N3)C(C)(C)N=N2. The molecule has 0 aromatic heterocycles. The Bertz CT molecular complexity index is 688. The van der Waals surface area contributed by atoms with Gasteiger partial charge in [0.15, 0.2) is 11.5 Å². The molecule has 6 nitrogen and oxygen atoms in total. The summed E-state index contributed by atoms with van der Waals surface area (Å²) in [6.45, 7) is 11.6. The molecule has 2 heterocycles. The van der Waals surface area contributed by atoms with Crippen molar-refractivity contribution in [3.8, 4) is 11.5 Å². The molecule has 0 amide bonds. The Hall–Kier alpha value is -1.98. The van der Waals surface area contributed by atoms with Crippen LogP contribution in [-0.2, 0) is 11.1 Å². The maximum Gasteiger partial charge on any atom is 0.155 e. The fraction of sp³-hybridized carbons (Fsp3) is 0.600. The third-order valence-electron chi connectivity index (χ3n) is 3.75. The molecule has 0 saturated carbocycles. The first-order valence-corrected chi connectivity index (χ1v) is 7.11. The lowest BCUT2D eigenvalue weighted by Gasteiger charge is -2.24. The minimum Gasteiger partial charge on any atom is -0.505 e. The first-order chi connectivity index (χ1) is 9.65. The summed E-state index contributed by atoms with van der Waals surface area (Å²) in [4.78, 5) is 0. The smallest absolute Gasteiger partial charge is 0.155 e. The Labute approximate surface area is 124 Å². The highest BCUT2D eigenvalue weighted by molar-refractivity contribution is 5.81. The summed E-state index contributed by atoms with van der Waals surface area (Å²) in [7, 11) is 0. The molecule has 0 radical (unpaired) electrons. The number of azo groups is 2. The third-order valence-corrected chi connectivity index (χ3v) is 3.75. The van der Waals surface area contributed by atoms with E-state index in [1.54, 1.807) is 0 Å². The summed E-state index contributed by atoms with van der Waals surface area (Å²) in [6, 6.07) is 0. The lowest BCUT2D eigenvalue weighted by atomic mass is 9.86. The molecule has 0 atom stereocenters. The predicted molar refractivity (Wildman–Crippen MR) is 79.0 cm³/mol. The van der Waals surface area contributed by atoms with Crippen LogP contribution in [0.3, 0.4) is 0 Å². The summed E-state index contributed by atoms with van der Waals surface area (Å²) in [5, 5.41) is 27.6. The van der Waals surface area contributed by atoms with E-state index in [0.29, 0.717) is 22.7 Å². The van der Waals surface area contributed by atoms with Gasteiger partial charge in [0.2, 0.25) is 0 Å². The zero-order valence-corrected chi connectivity index (χ0v) is 13.2. The number of ether oxygens (including phenoxy) is 1. The summed E-state index contributed by atoms with van der Waals surface area (Å²) >= 11 is 0. The molecule has 21 heavy (non-hydrogen) atoms. The van der Waals surface area contributed by atoms with Crippen molar-refractivity contribution in [1.82, 2.24) is 0 Å². The lowest BCUT2D eigenvalue weighted by molar-refractivity contribution is 0.237. The van der Waals surface area contributed by atoms with E-state index < -0.39 is 11.1 Å². The van der Waals surface area contributed by atoms with Gasteiger partial charge in [-0.3, -0.25) is 0 Å². The van der Waals surface area contributed by atoms with Crippen LogP contribution in [-0.4, -0.2) is 11.2 Å². The second-order valence-electron chi connectivity index (χ2n) is 6.81. The molecule has 0 bridgehead atoms. The number of benzene rings is 1. The van der Waals surface area contributed by atoms with Crippen molar-refractivity contribution in [2.24, 2.45) is 20.5 Å². The van der Waals surface area contributed by atoms with Gasteiger partial charge in [-0.1, -0.05) is 0 Å². The van der Waals surface area contributed by atoms with Gasteiger partial charge in [0.25, 0.3) is 0 Å². The molecule has 0 aliphatic carbocycles. The Morgan fingerprint density at radius 1 is 0.905 bits per heavy atom. The van der Waals surface area contributed by atoms with Gasteiger partial charge in [0.1, 0.15) is 22.5 Å². The van der Waals surface area contributed by atoms with Crippen LogP contribution in [0.1, 0.15) is 52.7 Å². The van der Waals surface area contributed by atoms with Crippen LogP contribution in [0.15, 0.2) is 20.5 Å². The van der Waals surface area contributed by atoms with E-state index in [0.717, 1.165) is 5.56 Å². The molecule has 1 aromatic rings. The number of aromatic hydroxyl groups is 1. The van der Waals surface area contributed by atoms with Crippen molar-refractivity contribution in [3.63, 3.8) is 0 Å². The highest BCUT2D eigenvalue weighted by Gasteiger charge is 2.44. The topological polar surface area (TPSA) is 78.9 Å². The van der Waals surface area contributed by atoms with Gasteiger partial charge in [-0.25, -0.2) is 0 Å². The largest absolute Gasteiger partial charge is 0.505 e. The molecule has 0 unspecified atom stereocenters. The minimum absolute atomic E-state index is 0.0157. The van der Waals surface area contributed by atoms with Gasteiger partial charge >= 0.3 is 0 Å². The third kappa shape index (κ3) is 1.85. The number of rotatable bonds is 2. The van der Waals surface area contributed by atoms with Gasteiger partial charge in [-0.2, -0.15) is 20.5 Å². The molecule has 0 fully saturated rings. The molecule has 2 aliphatic heterocycles. The number of hydrogen-bond donors (Lipinski definition) is 1. The first kappa shape index (κ1) is 14.0.